The fourth-order valence-corrected chi connectivity index (χ4v) is 8.98. The molecule has 0 radical (unpaired) electrons. The zero-order chi connectivity index (χ0) is 22.6. The number of ether oxygens (including phenoxy) is 1. The Labute approximate surface area is 192 Å². The van der Waals surface area contributed by atoms with E-state index in [-0.39, 0.29) is 40.0 Å². The molecular formula is C29H38O3. The maximum Gasteiger partial charge on any atom is 0.305 e. The van der Waals surface area contributed by atoms with Crippen molar-refractivity contribution in [2.24, 2.45) is 34.5 Å². The molecule has 0 aromatic heterocycles. The Morgan fingerprint density at radius 3 is 2.56 bits per heavy atom. The highest BCUT2D eigenvalue weighted by atomic mass is 16.5. The number of fused-ring (bicyclic) bond motifs is 2. The van der Waals surface area contributed by atoms with Crippen LogP contribution in [0.25, 0.3) is 0 Å². The van der Waals surface area contributed by atoms with Crippen LogP contribution in [0.4, 0.5) is 0 Å². The molecule has 3 saturated carbocycles. The van der Waals surface area contributed by atoms with E-state index in [4.69, 9.17) is 4.74 Å². The van der Waals surface area contributed by atoms with Gasteiger partial charge < -0.3 is 9.84 Å². The van der Waals surface area contributed by atoms with E-state index in [1.165, 1.54) is 31.9 Å². The summed E-state index contributed by atoms with van der Waals surface area (Å²) in [5, 5.41) is 12.0. The highest BCUT2D eigenvalue weighted by Crippen LogP contribution is 2.82. The third-order valence-corrected chi connectivity index (χ3v) is 10.1. The molecule has 5 rings (SSSR count). The number of esters is 1. The predicted octanol–water partition coefficient (Wildman–Crippen LogP) is 5.83. The van der Waals surface area contributed by atoms with Gasteiger partial charge in [-0.3, -0.25) is 4.79 Å². The molecule has 1 N–H and O–H groups in total. The number of benzene rings is 1. The molecule has 3 nitrogen and oxygen atoms in total. The highest BCUT2D eigenvalue weighted by Gasteiger charge is 2.80. The van der Waals surface area contributed by atoms with Gasteiger partial charge in [-0.05, 0) is 59.8 Å². The van der Waals surface area contributed by atoms with Crippen LogP contribution >= 0.6 is 0 Å². The third-order valence-electron chi connectivity index (χ3n) is 10.1. The van der Waals surface area contributed by atoms with Crippen molar-refractivity contribution in [1.29, 1.82) is 0 Å². The summed E-state index contributed by atoms with van der Waals surface area (Å²) < 4.78 is 5.16. The van der Waals surface area contributed by atoms with E-state index in [0.29, 0.717) is 12.3 Å². The Balaban J connectivity index is 1.68. The van der Waals surface area contributed by atoms with E-state index < -0.39 is 6.10 Å². The van der Waals surface area contributed by atoms with Crippen LogP contribution < -0.4 is 0 Å². The lowest BCUT2D eigenvalue weighted by molar-refractivity contribution is -0.143. The Bertz CT molecular complexity index is 920. The Morgan fingerprint density at radius 1 is 1.09 bits per heavy atom. The van der Waals surface area contributed by atoms with E-state index in [0.717, 1.165) is 19.3 Å². The summed E-state index contributed by atoms with van der Waals surface area (Å²) in [6.45, 7) is 4.63. The molecule has 1 aromatic rings. The van der Waals surface area contributed by atoms with E-state index in [2.05, 4.69) is 68.5 Å². The predicted molar refractivity (Wildman–Crippen MR) is 127 cm³/mol. The summed E-state index contributed by atoms with van der Waals surface area (Å²) in [5.41, 5.74) is 1.30. The third kappa shape index (κ3) is 2.61. The lowest BCUT2D eigenvalue weighted by Crippen LogP contribution is -2.49. The normalized spacial score (nSPS) is 44.1. The van der Waals surface area contributed by atoms with Crippen LogP contribution in [0.2, 0.25) is 0 Å². The summed E-state index contributed by atoms with van der Waals surface area (Å²) in [5.74, 6) is 0.566. The minimum atomic E-state index is -0.416. The van der Waals surface area contributed by atoms with Gasteiger partial charge in [0.25, 0.3) is 0 Å². The molecule has 0 amide bonds. The van der Waals surface area contributed by atoms with Gasteiger partial charge >= 0.3 is 5.97 Å². The van der Waals surface area contributed by atoms with Crippen molar-refractivity contribution in [2.45, 2.75) is 70.3 Å². The second-order valence-corrected chi connectivity index (χ2v) is 10.9. The first kappa shape index (κ1) is 21.9. The highest BCUT2D eigenvalue weighted by molar-refractivity contribution is 5.70. The molecule has 4 aliphatic carbocycles. The first-order chi connectivity index (χ1) is 15.5. The molecule has 1 aromatic carbocycles. The van der Waals surface area contributed by atoms with Gasteiger partial charge in [-0.2, -0.15) is 0 Å². The summed E-state index contributed by atoms with van der Waals surface area (Å²) >= 11 is 0. The molecule has 0 unspecified atom stereocenters. The number of carbonyl (C=O) groups excluding carboxylic acids is 1. The van der Waals surface area contributed by atoms with Crippen LogP contribution in [-0.4, -0.2) is 24.3 Å². The molecule has 2 bridgehead atoms. The second kappa shape index (κ2) is 7.87. The van der Waals surface area contributed by atoms with Crippen molar-refractivity contribution in [3.63, 3.8) is 0 Å². The first-order valence-corrected chi connectivity index (χ1v) is 12.6. The van der Waals surface area contributed by atoms with Crippen LogP contribution in [0, 0.1) is 34.5 Å². The molecule has 0 saturated heterocycles. The monoisotopic (exact) mass is 434 g/mol. The van der Waals surface area contributed by atoms with Gasteiger partial charge in [-0.1, -0.05) is 81.3 Å². The first-order valence-electron chi connectivity index (χ1n) is 12.6. The van der Waals surface area contributed by atoms with E-state index >= 15 is 0 Å². The SMILES string of the molecule is CC/C=C\C[C@@H]1[C@@H](O)[C@@H]2[C@H]([C@@H]1CC(=O)OC)[C@]13C=C[C@]2(c2ccccc2)[C@@]1(C)CCCC3. The molecule has 0 heterocycles. The van der Waals surface area contributed by atoms with E-state index in [9.17, 15) is 9.90 Å². The molecule has 8 atom stereocenters. The zero-order valence-electron chi connectivity index (χ0n) is 19.8. The smallest absolute Gasteiger partial charge is 0.305 e. The van der Waals surface area contributed by atoms with Crippen LogP contribution in [0.5, 0.6) is 0 Å². The number of methoxy groups -OCH3 is 1. The Kier molecular flexibility index (Phi) is 5.40. The fraction of sp³-hybridized carbons (Fsp3) is 0.621. The van der Waals surface area contributed by atoms with Gasteiger partial charge in [0.2, 0.25) is 0 Å². The lowest BCUT2D eigenvalue weighted by Gasteiger charge is -2.52. The molecule has 3 fully saturated rings. The minimum absolute atomic E-state index is 0.0502. The number of carbonyl (C=O) groups is 1. The summed E-state index contributed by atoms with van der Waals surface area (Å²) in [7, 11) is 1.49. The van der Waals surface area contributed by atoms with E-state index in [1.54, 1.807) is 0 Å². The van der Waals surface area contributed by atoms with Crippen molar-refractivity contribution in [3.8, 4) is 0 Å². The number of allylic oxidation sites excluding steroid dienone is 4. The molecule has 4 aliphatic rings. The van der Waals surface area contributed by atoms with Crippen molar-refractivity contribution in [2.75, 3.05) is 7.11 Å². The van der Waals surface area contributed by atoms with Crippen LogP contribution in [0.3, 0.4) is 0 Å². The van der Waals surface area contributed by atoms with Gasteiger partial charge in [0.1, 0.15) is 0 Å². The molecule has 32 heavy (non-hydrogen) atoms. The minimum Gasteiger partial charge on any atom is -0.469 e. The average Bonchev–Trinajstić information content (AvgIpc) is 3.33. The summed E-state index contributed by atoms with van der Waals surface area (Å²) in [4.78, 5) is 12.6. The van der Waals surface area contributed by atoms with Crippen LogP contribution in [0.15, 0.2) is 54.6 Å². The van der Waals surface area contributed by atoms with Gasteiger partial charge in [0.05, 0.1) is 13.2 Å². The largest absolute Gasteiger partial charge is 0.469 e. The maximum atomic E-state index is 12.6. The lowest BCUT2D eigenvalue weighted by atomic mass is 9.51. The summed E-state index contributed by atoms with van der Waals surface area (Å²) in [6, 6.07) is 10.9. The number of aliphatic hydroxyl groups is 1. The number of rotatable bonds is 6. The Morgan fingerprint density at radius 2 is 1.84 bits per heavy atom. The van der Waals surface area contributed by atoms with Gasteiger partial charge in [0.15, 0.2) is 0 Å². The van der Waals surface area contributed by atoms with Gasteiger partial charge in [0, 0.05) is 17.8 Å². The molecule has 172 valence electrons. The van der Waals surface area contributed by atoms with E-state index in [1.807, 2.05) is 0 Å². The van der Waals surface area contributed by atoms with Crippen molar-refractivity contribution < 1.29 is 14.6 Å². The standard InChI is InChI=1S/C29H38O3/c1-4-5-7-14-21-22(19-23(30)32-3)24-25(26(21)31)29(20-12-8-6-9-13-20)18-17-28(24)16-11-10-15-27(28,29)2/h5-9,12-13,17-18,21-22,24-26,31H,4,10-11,14-16,19H2,1-3H3/b7-5-/t21-,22+,24-,25-,26+,27-,28-,29+/m0/s1. The zero-order valence-corrected chi connectivity index (χ0v) is 19.8. The Hall–Kier alpha value is -1.87. The molecule has 0 aliphatic heterocycles. The summed E-state index contributed by atoms with van der Waals surface area (Å²) in [6.07, 6.45) is 16.1. The fourth-order valence-electron chi connectivity index (χ4n) is 8.98. The van der Waals surface area contributed by atoms with Crippen molar-refractivity contribution in [3.05, 3.63) is 60.2 Å². The van der Waals surface area contributed by atoms with Crippen molar-refractivity contribution >= 4 is 5.97 Å². The van der Waals surface area contributed by atoms with Gasteiger partial charge in [-0.25, -0.2) is 0 Å². The topological polar surface area (TPSA) is 46.5 Å². The van der Waals surface area contributed by atoms with Crippen molar-refractivity contribution in [1.82, 2.24) is 0 Å². The van der Waals surface area contributed by atoms with Gasteiger partial charge in [-0.15, -0.1) is 0 Å². The average molecular weight is 435 g/mol. The number of aliphatic hydroxyl groups excluding tert-OH is 1. The molecule has 0 spiro atoms. The quantitative estimate of drug-likeness (QED) is 0.452. The molecular weight excluding hydrogens is 396 g/mol. The maximum absolute atomic E-state index is 12.6. The number of hydrogen-bond acceptors (Lipinski definition) is 3. The molecule has 3 heteroatoms. The number of hydrogen-bond donors (Lipinski definition) is 1. The van der Waals surface area contributed by atoms with Crippen LogP contribution in [0.1, 0.15) is 64.4 Å². The van der Waals surface area contributed by atoms with Crippen LogP contribution in [-0.2, 0) is 14.9 Å². The second-order valence-electron chi connectivity index (χ2n) is 10.9.